The zero-order valence-electron chi connectivity index (χ0n) is 14.4. The van der Waals surface area contributed by atoms with E-state index in [1.54, 1.807) is 0 Å². The lowest BCUT2D eigenvalue weighted by Gasteiger charge is -2.12. The Labute approximate surface area is 150 Å². The van der Waals surface area contributed by atoms with Crippen LogP contribution in [0.1, 0.15) is 44.7 Å². The van der Waals surface area contributed by atoms with Crippen molar-refractivity contribution in [3.05, 3.63) is 47.3 Å². The van der Waals surface area contributed by atoms with Crippen LogP contribution < -0.4 is 11.1 Å². The highest BCUT2D eigenvalue weighted by molar-refractivity contribution is 6.04. The van der Waals surface area contributed by atoms with Crippen molar-refractivity contribution in [1.82, 2.24) is 10.3 Å². The van der Waals surface area contributed by atoms with Crippen LogP contribution in [0, 0.1) is 0 Å². The molecule has 2 amide bonds. The van der Waals surface area contributed by atoms with E-state index in [1.807, 2.05) is 6.92 Å². The number of pyridine rings is 1. The number of benzene rings is 1. The van der Waals surface area contributed by atoms with Crippen LogP contribution in [-0.4, -0.2) is 41.5 Å². The van der Waals surface area contributed by atoms with Crippen LogP contribution in [0.15, 0.2) is 30.3 Å². The molecular formula is C18H19N3O5. The van der Waals surface area contributed by atoms with Gasteiger partial charge in [-0.05, 0) is 36.8 Å². The van der Waals surface area contributed by atoms with Gasteiger partial charge >= 0.3 is 5.97 Å². The summed E-state index contributed by atoms with van der Waals surface area (Å²) in [4.78, 5) is 40.0. The predicted octanol–water partition coefficient (Wildman–Crippen LogP) is 1.48. The Morgan fingerprint density at radius 1 is 1.19 bits per heavy atom. The van der Waals surface area contributed by atoms with Crippen molar-refractivity contribution in [1.29, 1.82) is 0 Å². The van der Waals surface area contributed by atoms with Gasteiger partial charge in [-0.3, -0.25) is 9.59 Å². The second-order valence-corrected chi connectivity index (χ2v) is 5.43. The van der Waals surface area contributed by atoms with Gasteiger partial charge in [0.1, 0.15) is 11.4 Å². The highest BCUT2D eigenvalue weighted by Gasteiger charge is 2.22. The molecule has 4 N–H and O–H groups in total. The van der Waals surface area contributed by atoms with Crippen molar-refractivity contribution in [2.75, 3.05) is 13.7 Å². The number of carbonyl (C=O) groups excluding carboxylic acids is 3. The molecule has 1 heterocycles. The zero-order chi connectivity index (χ0) is 19.3. The molecule has 1 aromatic carbocycles. The number of hydrogen-bond acceptors (Lipinski definition) is 6. The Kier molecular flexibility index (Phi) is 5.90. The molecular weight excluding hydrogens is 338 g/mol. The molecule has 0 radical (unpaired) electrons. The summed E-state index contributed by atoms with van der Waals surface area (Å²) in [5, 5.41) is 12.4. The van der Waals surface area contributed by atoms with Gasteiger partial charge in [0.05, 0.1) is 7.11 Å². The smallest absolute Gasteiger partial charge is 0.357 e. The Morgan fingerprint density at radius 2 is 1.92 bits per heavy atom. The maximum Gasteiger partial charge on any atom is 0.357 e. The van der Waals surface area contributed by atoms with Gasteiger partial charge in [0.25, 0.3) is 5.91 Å². The number of phenols is 1. The molecule has 0 saturated heterocycles. The number of nitrogens with two attached hydrogens (primary N) is 1. The van der Waals surface area contributed by atoms with E-state index >= 15 is 0 Å². The number of methoxy groups -OCH3 is 1. The Bertz CT molecular complexity index is 864. The molecule has 1 aromatic heterocycles. The van der Waals surface area contributed by atoms with E-state index in [9.17, 15) is 19.5 Å². The highest BCUT2D eigenvalue weighted by atomic mass is 16.5. The summed E-state index contributed by atoms with van der Waals surface area (Å²) in [6, 6.07) is 6.82. The molecule has 0 spiro atoms. The third-order valence-corrected chi connectivity index (χ3v) is 3.60. The number of carbonyl (C=O) groups is 3. The number of phenolic OH excluding ortho intramolecular Hbond substituents is 1. The number of amides is 2. The largest absolute Gasteiger partial charge is 0.508 e. The monoisotopic (exact) mass is 357 g/mol. The van der Waals surface area contributed by atoms with E-state index in [1.165, 1.54) is 37.4 Å². The molecule has 8 nitrogen and oxygen atoms in total. The normalized spacial score (nSPS) is 10.2. The number of nitrogens with zero attached hydrogens (tertiary/aromatic N) is 1. The number of aromatic nitrogens is 1. The molecule has 0 atom stereocenters. The minimum Gasteiger partial charge on any atom is -0.508 e. The second-order valence-electron chi connectivity index (χ2n) is 5.43. The lowest BCUT2D eigenvalue weighted by Crippen LogP contribution is -2.26. The van der Waals surface area contributed by atoms with Gasteiger partial charge in [-0.2, -0.15) is 0 Å². The van der Waals surface area contributed by atoms with Gasteiger partial charge in [-0.15, -0.1) is 0 Å². The summed E-state index contributed by atoms with van der Waals surface area (Å²) in [6.07, 6.45) is 0.749. The summed E-state index contributed by atoms with van der Waals surface area (Å²) < 4.78 is 4.73. The average Bonchev–Trinajstić information content (AvgIpc) is 2.64. The van der Waals surface area contributed by atoms with E-state index < -0.39 is 17.8 Å². The van der Waals surface area contributed by atoms with Gasteiger partial charge < -0.3 is 20.9 Å². The number of rotatable bonds is 6. The molecule has 136 valence electrons. The van der Waals surface area contributed by atoms with Gasteiger partial charge in [0.2, 0.25) is 5.91 Å². The predicted molar refractivity (Wildman–Crippen MR) is 93.8 cm³/mol. The van der Waals surface area contributed by atoms with Crippen LogP contribution in [0.5, 0.6) is 5.75 Å². The molecule has 0 saturated carbocycles. The zero-order valence-corrected chi connectivity index (χ0v) is 14.4. The fourth-order valence-corrected chi connectivity index (χ4v) is 2.35. The Balaban J connectivity index is 2.63. The topological polar surface area (TPSA) is 132 Å². The number of aromatic hydroxyl groups is 1. The van der Waals surface area contributed by atoms with E-state index in [2.05, 4.69) is 10.3 Å². The fraction of sp³-hybridized carbons (Fsp3) is 0.222. The van der Waals surface area contributed by atoms with Crippen molar-refractivity contribution in [3.63, 3.8) is 0 Å². The number of ether oxygens (including phenoxy) is 1. The maximum absolute atomic E-state index is 12.2. The summed E-state index contributed by atoms with van der Waals surface area (Å²) in [7, 11) is 1.18. The molecule has 0 aliphatic heterocycles. The van der Waals surface area contributed by atoms with E-state index in [4.69, 9.17) is 10.5 Å². The molecule has 0 unspecified atom stereocenters. The molecule has 26 heavy (non-hydrogen) atoms. The average molecular weight is 357 g/mol. The van der Waals surface area contributed by atoms with Crippen LogP contribution in [0.3, 0.4) is 0 Å². The first-order valence-corrected chi connectivity index (χ1v) is 7.89. The Morgan fingerprint density at radius 3 is 2.54 bits per heavy atom. The van der Waals surface area contributed by atoms with Crippen molar-refractivity contribution >= 4 is 17.8 Å². The second kappa shape index (κ2) is 8.11. The standard InChI is InChI=1S/C18H19N3O5/c1-3-8-20-17(24)14-7-6-11(15(21-14)18(25)26-2)13-9-10(22)4-5-12(13)16(19)23/h4-7,9,22H,3,8H2,1-2H3,(H2,19,23)(H,20,24). The first-order chi connectivity index (χ1) is 12.4. The summed E-state index contributed by atoms with van der Waals surface area (Å²) in [5.74, 6) is -2.08. The van der Waals surface area contributed by atoms with E-state index in [-0.39, 0.29) is 33.8 Å². The van der Waals surface area contributed by atoms with Crippen LogP contribution in [-0.2, 0) is 4.74 Å². The molecule has 0 aliphatic carbocycles. The SMILES string of the molecule is CCCNC(=O)c1ccc(-c2cc(O)ccc2C(N)=O)c(C(=O)OC)n1. The molecule has 2 rings (SSSR count). The fourth-order valence-electron chi connectivity index (χ4n) is 2.35. The molecule has 2 aromatic rings. The first kappa shape index (κ1) is 18.9. The summed E-state index contributed by atoms with van der Waals surface area (Å²) in [6.45, 7) is 2.37. The lowest BCUT2D eigenvalue weighted by molar-refractivity contribution is 0.0594. The van der Waals surface area contributed by atoms with Crippen LogP contribution in [0.2, 0.25) is 0 Å². The molecule has 0 bridgehead atoms. The van der Waals surface area contributed by atoms with Crippen molar-refractivity contribution in [3.8, 4) is 16.9 Å². The molecule has 0 fully saturated rings. The van der Waals surface area contributed by atoms with E-state index in [0.29, 0.717) is 6.54 Å². The van der Waals surface area contributed by atoms with Crippen molar-refractivity contribution < 1.29 is 24.2 Å². The number of primary amides is 1. The highest BCUT2D eigenvalue weighted by Crippen LogP contribution is 2.30. The first-order valence-electron chi connectivity index (χ1n) is 7.89. The van der Waals surface area contributed by atoms with Gasteiger partial charge in [-0.1, -0.05) is 6.92 Å². The summed E-state index contributed by atoms with van der Waals surface area (Å²) >= 11 is 0. The maximum atomic E-state index is 12.2. The van der Waals surface area contributed by atoms with Gasteiger partial charge in [-0.25, -0.2) is 9.78 Å². The number of nitrogens with one attached hydrogen (secondary N) is 1. The molecule has 0 aliphatic rings. The lowest BCUT2D eigenvalue weighted by atomic mass is 9.97. The van der Waals surface area contributed by atoms with Gasteiger partial charge in [0.15, 0.2) is 5.69 Å². The third kappa shape index (κ3) is 3.97. The van der Waals surface area contributed by atoms with E-state index in [0.717, 1.165) is 6.42 Å². The van der Waals surface area contributed by atoms with Crippen LogP contribution in [0.25, 0.3) is 11.1 Å². The number of hydrogen-bond donors (Lipinski definition) is 3. The van der Waals surface area contributed by atoms with Crippen molar-refractivity contribution in [2.24, 2.45) is 5.73 Å². The third-order valence-electron chi connectivity index (χ3n) is 3.60. The van der Waals surface area contributed by atoms with Crippen molar-refractivity contribution in [2.45, 2.75) is 13.3 Å². The minimum atomic E-state index is -0.788. The number of esters is 1. The van der Waals surface area contributed by atoms with Crippen LogP contribution in [0.4, 0.5) is 0 Å². The van der Waals surface area contributed by atoms with Crippen LogP contribution >= 0.6 is 0 Å². The van der Waals surface area contributed by atoms with Gasteiger partial charge in [0, 0.05) is 23.2 Å². The quantitative estimate of drug-likeness (QED) is 0.671. The minimum absolute atomic E-state index is 0.0309. The Hall–Kier alpha value is -3.42. The summed E-state index contributed by atoms with van der Waals surface area (Å²) in [5.41, 5.74) is 5.77. The molecule has 8 heteroatoms.